The molecule has 0 aliphatic heterocycles. The van der Waals surface area contributed by atoms with Gasteiger partial charge < -0.3 is 20.5 Å². The average molecular weight is 280 g/mol. The fraction of sp³-hybridized carbons (Fsp3) is 0.625. The molecule has 0 aliphatic rings. The van der Waals surface area contributed by atoms with Crippen LogP contribution in [0.3, 0.4) is 0 Å². The Hall–Kier alpha value is -1.26. The van der Waals surface area contributed by atoms with Crippen molar-refractivity contribution in [2.24, 2.45) is 0 Å². The van der Waals surface area contributed by atoms with Gasteiger partial charge in [-0.2, -0.15) is 0 Å². The predicted molar refractivity (Wildman–Crippen MR) is 84.1 cm³/mol. The number of rotatable bonds is 9. The molecule has 0 fully saturated rings. The van der Waals surface area contributed by atoms with Gasteiger partial charge in [0.25, 0.3) is 0 Å². The lowest BCUT2D eigenvalue weighted by Crippen LogP contribution is -2.27. The Morgan fingerprint density at radius 1 is 1.30 bits per heavy atom. The number of ether oxygens (including phenoxy) is 1. The molecule has 1 rings (SSSR count). The topological polar surface area (TPSA) is 58.7 Å². The highest BCUT2D eigenvalue weighted by Gasteiger charge is 2.05. The van der Waals surface area contributed by atoms with E-state index in [0.717, 1.165) is 38.2 Å². The Kier molecular flexibility index (Phi) is 7.41. The van der Waals surface area contributed by atoms with Gasteiger partial charge in [-0.15, -0.1) is 0 Å². The van der Waals surface area contributed by atoms with Crippen molar-refractivity contribution in [2.75, 3.05) is 32.0 Å². The highest BCUT2D eigenvalue weighted by atomic mass is 16.5. The van der Waals surface area contributed by atoms with Crippen molar-refractivity contribution in [3.63, 3.8) is 0 Å². The summed E-state index contributed by atoms with van der Waals surface area (Å²) >= 11 is 0. The van der Waals surface area contributed by atoms with Gasteiger partial charge in [-0.3, -0.25) is 0 Å². The number of likely N-dealkylation sites (N-methyl/N-ethyl adjacent to an activating group) is 1. The fourth-order valence-electron chi connectivity index (χ4n) is 2.19. The number of nitrogens with two attached hydrogens (primary N) is 1. The molecule has 4 heteroatoms. The first-order chi connectivity index (χ1) is 9.56. The lowest BCUT2D eigenvalue weighted by atomic mass is 10.1. The van der Waals surface area contributed by atoms with Crippen molar-refractivity contribution in [3.8, 4) is 5.75 Å². The quantitative estimate of drug-likeness (QED) is 0.682. The van der Waals surface area contributed by atoms with E-state index in [1.807, 2.05) is 26.0 Å². The summed E-state index contributed by atoms with van der Waals surface area (Å²) in [5.41, 5.74) is 7.95. The fourth-order valence-corrected chi connectivity index (χ4v) is 2.19. The Labute approximate surface area is 122 Å². The third-order valence-electron chi connectivity index (χ3n) is 3.24. The van der Waals surface area contributed by atoms with Crippen LogP contribution in [-0.2, 0) is 6.42 Å². The van der Waals surface area contributed by atoms with Crippen LogP contribution in [0.25, 0.3) is 0 Å². The molecule has 0 radical (unpaired) electrons. The number of anilines is 1. The molecule has 0 saturated heterocycles. The van der Waals surface area contributed by atoms with Crippen LogP contribution in [0.2, 0.25) is 0 Å². The Morgan fingerprint density at radius 3 is 2.60 bits per heavy atom. The number of nitrogen functional groups attached to an aromatic ring is 1. The lowest BCUT2D eigenvalue weighted by molar-refractivity contribution is 0.200. The van der Waals surface area contributed by atoms with Gasteiger partial charge in [-0.25, -0.2) is 0 Å². The Morgan fingerprint density at radius 2 is 2.05 bits per heavy atom. The predicted octanol–water partition coefficient (Wildman–Crippen LogP) is 2.30. The van der Waals surface area contributed by atoms with Crippen LogP contribution in [-0.4, -0.2) is 42.4 Å². The SMILES string of the molecule is CCN(CCO)CCCc1ccc(OC(C)C)c(N)c1. The second kappa shape index (κ2) is 8.82. The summed E-state index contributed by atoms with van der Waals surface area (Å²) in [4.78, 5) is 2.25. The molecule has 20 heavy (non-hydrogen) atoms. The third kappa shape index (κ3) is 5.80. The first-order valence-electron chi connectivity index (χ1n) is 7.45. The van der Waals surface area contributed by atoms with Crippen LogP contribution < -0.4 is 10.5 Å². The summed E-state index contributed by atoms with van der Waals surface area (Å²) in [6.07, 6.45) is 2.20. The molecule has 0 saturated carbocycles. The standard InChI is InChI=1S/C16H28N2O2/c1-4-18(10-11-19)9-5-6-14-7-8-16(15(17)12-14)20-13(2)3/h7-8,12-13,19H,4-6,9-11,17H2,1-3H3. The summed E-state index contributed by atoms with van der Waals surface area (Å²) in [7, 11) is 0. The minimum atomic E-state index is 0.139. The van der Waals surface area contributed by atoms with E-state index in [4.69, 9.17) is 15.6 Å². The first-order valence-corrected chi connectivity index (χ1v) is 7.45. The molecule has 0 bridgehead atoms. The number of aryl methyl sites for hydroxylation is 1. The molecule has 0 aliphatic carbocycles. The van der Waals surface area contributed by atoms with E-state index in [0.29, 0.717) is 5.69 Å². The van der Waals surface area contributed by atoms with E-state index in [2.05, 4.69) is 17.9 Å². The van der Waals surface area contributed by atoms with Gasteiger partial charge in [0.1, 0.15) is 5.75 Å². The number of benzene rings is 1. The van der Waals surface area contributed by atoms with Crippen molar-refractivity contribution in [2.45, 2.75) is 39.7 Å². The molecule has 1 aromatic carbocycles. The Bertz CT molecular complexity index is 394. The molecule has 114 valence electrons. The van der Waals surface area contributed by atoms with Gasteiger partial charge in [0.2, 0.25) is 0 Å². The smallest absolute Gasteiger partial charge is 0.142 e. The zero-order chi connectivity index (χ0) is 15.0. The zero-order valence-electron chi connectivity index (χ0n) is 12.9. The minimum absolute atomic E-state index is 0.139. The van der Waals surface area contributed by atoms with Crippen molar-refractivity contribution < 1.29 is 9.84 Å². The molecule has 3 N–H and O–H groups in total. The Balaban J connectivity index is 2.46. The summed E-state index contributed by atoms with van der Waals surface area (Å²) in [6.45, 7) is 9.06. The summed E-state index contributed by atoms with van der Waals surface area (Å²) in [5.74, 6) is 0.763. The maximum atomic E-state index is 8.95. The van der Waals surface area contributed by atoms with Crippen molar-refractivity contribution >= 4 is 5.69 Å². The van der Waals surface area contributed by atoms with Gasteiger partial charge in [0.05, 0.1) is 18.4 Å². The average Bonchev–Trinajstić information content (AvgIpc) is 2.40. The molecule has 0 unspecified atom stereocenters. The highest BCUT2D eigenvalue weighted by molar-refractivity contribution is 5.54. The van der Waals surface area contributed by atoms with E-state index < -0.39 is 0 Å². The maximum Gasteiger partial charge on any atom is 0.142 e. The zero-order valence-corrected chi connectivity index (χ0v) is 12.9. The van der Waals surface area contributed by atoms with Gasteiger partial charge in [0.15, 0.2) is 0 Å². The van der Waals surface area contributed by atoms with Crippen LogP contribution in [0.4, 0.5) is 5.69 Å². The molecule has 0 amide bonds. The summed E-state index contributed by atoms with van der Waals surface area (Å²) in [6, 6.07) is 6.03. The summed E-state index contributed by atoms with van der Waals surface area (Å²) in [5, 5.41) is 8.95. The molecular weight excluding hydrogens is 252 g/mol. The third-order valence-corrected chi connectivity index (χ3v) is 3.24. The number of nitrogens with zero attached hydrogens (tertiary/aromatic N) is 1. The summed E-state index contributed by atoms with van der Waals surface area (Å²) < 4.78 is 5.63. The van der Waals surface area contributed by atoms with E-state index >= 15 is 0 Å². The second-order valence-corrected chi connectivity index (χ2v) is 5.30. The van der Waals surface area contributed by atoms with E-state index in [9.17, 15) is 0 Å². The van der Waals surface area contributed by atoms with Gasteiger partial charge in [-0.05, 0) is 57.5 Å². The van der Waals surface area contributed by atoms with E-state index in [1.54, 1.807) is 0 Å². The molecule has 0 aromatic heterocycles. The van der Waals surface area contributed by atoms with Crippen LogP contribution in [0.5, 0.6) is 5.75 Å². The monoisotopic (exact) mass is 280 g/mol. The molecule has 0 spiro atoms. The number of aliphatic hydroxyl groups is 1. The maximum absolute atomic E-state index is 8.95. The molecule has 0 atom stereocenters. The normalized spacial score (nSPS) is 11.3. The first kappa shape index (κ1) is 16.8. The second-order valence-electron chi connectivity index (χ2n) is 5.30. The minimum Gasteiger partial charge on any atom is -0.489 e. The van der Waals surface area contributed by atoms with Gasteiger partial charge >= 0.3 is 0 Å². The van der Waals surface area contributed by atoms with Crippen LogP contribution >= 0.6 is 0 Å². The number of aliphatic hydroxyl groups excluding tert-OH is 1. The van der Waals surface area contributed by atoms with E-state index in [1.165, 1.54) is 5.56 Å². The van der Waals surface area contributed by atoms with Gasteiger partial charge in [0, 0.05) is 6.54 Å². The molecule has 4 nitrogen and oxygen atoms in total. The largest absolute Gasteiger partial charge is 0.489 e. The lowest BCUT2D eigenvalue weighted by Gasteiger charge is -2.19. The van der Waals surface area contributed by atoms with Crippen LogP contribution in [0, 0.1) is 0 Å². The van der Waals surface area contributed by atoms with E-state index in [-0.39, 0.29) is 12.7 Å². The van der Waals surface area contributed by atoms with Crippen molar-refractivity contribution in [1.29, 1.82) is 0 Å². The van der Waals surface area contributed by atoms with Crippen LogP contribution in [0.1, 0.15) is 32.8 Å². The van der Waals surface area contributed by atoms with Crippen molar-refractivity contribution in [3.05, 3.63) is 23.8 Å². The number of hydrogen-bond donors (Lipinski definition) is 2. The van der Waals surface area contributed by atoms with Gasteiger partial charge in [-0.1, -0.05) is 13.0 Å². The molecule has 1 aromatic rings. The van der Waals surface area contributed by atoms with Crippen molar-refractivity contribution in [1.82, 2.24) is 4.90 Å². The van der Waals surface area contributed by atoms with Crippen LogP contribution in [0.15, 0.2) is 18.2 Å². The molecule has 0 heterocycles. The highest BCUT2D eigenvalue weighted by Crippen LogP contribution is 2.24. The molecular formula is C16H28N2O2. The number of hydrogen-bond acceptors (Lipinski definition) is 4.